The van der Waals surface area contributed by atoms with Crippen LogP contribution in [0.2, 0.25) is 0 Å². The van der Waals surface area contributed by atoms with E-state index in [2.05, 4.69) is 20.3 Å². The summed E-state index contributed by atoms with van der Waals surface area (Å²) in [5.41, 5.74) is 8.74. The van der Waals surface area contributed by atoms with Crippen molar-refractivity contribution in [3.8, 4) is 0 Å². The summed E-state index contributed by atoms with van der Waals surface area (Å²) in [6, 6.07) is 0. The van der Waals surface area contributed by atoms with Crippen LogP contribution in [-0.4, -0.2) is 15.0 Å². The number of hydrogen-bond acceptors (Lipinski definition) is 3. The van der Waals surface area contributed by atoms with Crippen LogP contribution in [0.5, 0.6) is 0 Å². The average molecular weight is 138 g/mol. The number of hydrogen-bond donors (Lipinski definition) is 0. The Kier molecular flexibility index (Phi) is 1.86. The maximum atomic E-state index is 7.93. The van der Waals surface area contributed by atoms with E-state index in [4.69, 9.17) is 5.53 Å². The lowest BCUT2D eigenvalue weighted by molar-refractivity contribution is 0.606. The van der Waals surface area contributed by atoms with Gasteiger partial charge >= 0.3 is 0 Å². The van der Waals surface area contributed by atoms with E-state index in [9.17, 15) is 0 Å². The van der Waals surface area contributed by atoms with E-state index in [-0.39, 0.29) is 6.67 Å². The molecule has 0 saturated heterocycles. The molecule has 6 heteroatoms. The SMILES string of the molecule is Cc1cn(CN=[N+]=[N-])nn1. The van der Waals surface area contributed by atoms with Crippen molar-refractivity contribution in [3.05, 3.63) is 22.3 Å². The second-order valence-electron chi connectivity index (χ2n) is 1.77. The second-order valence-corrected chi connectivity index (χ2v) is 1.77. The highest BCUT2D eigenvalue weighted by Gasteiger charge is 1.90. The van der Waals surface area contributed by atoms with E-state index in [1.807, 2.05) is 6.92 Å². The highest BCUT2D eigenvalue weighted by molar-refractivity contribution is 4.85. The van der Waals surface area contributed by atoms with Crippen molar-refractivity contribution >= 4 is 0 Å². The molecule has 0 fully saturated rings. The third-order valence-electron chi connectivity index (χ3n) is 0.925. The monoisotopic (exact) mass is 138 g/mol. The van der Waals surface area contributed by atoms with Gasteiger partial charge in [0.05, 0.1) is 5.69 Å². The molecule has 0 radical (unpaired) electrons. The highest BCUT2D eigenvalue weighted by atomic mass is 15.5. The molecule has 1 rings (SSSR count). The molecule has 0 bridgehead atoms. The van der Waals surface area contributed by atoms with Crippen molar-refractivity contribution in [3.63, 3.8) is 0 Å². The van der Waals surface area contributed by atoms with Crippen molar-refractivity contribution in [2.75, 3.05) is 0 Å². The first-order valence-electron chi connectivity index (χ1n) is 2.70. The maximum absolute atomic E-state index is 7.93. The van der Waals surface area contributed by atoms with E-state index in [0.29, 0.717) is 0 Å². The van der Waals surface area contributed by atoms with Crippen LogP contribution in [-0.2, 0) is 6.67 Å². The van der Waals surface area contributed by atoms with Gasteiger partial charge in [0, 0.05) is 11.1 Å². The van der Waals surface area contributed by atoms with Crippen LogP contribution < -0.4 is 0 Å². The average Bonchev–Trinajstić information content (AvgIpc) is 2.31. The zero-order valence-corrected chi connectivity index (χ0v) is 5.47. The standard InChI is InChI=1S/C4H6N6/c1-4-2-10(9-7-4)3-6-8-5/h2H,3H2,1H3. The summed E-state index contributed by atoms with van der Waals surface area (Å²) in [7, 11) is 0. The fourth-order valence-electron chi connectivity index (χ4n) is 0.557. The van der Waals surface area contributed by atoms with Crippen LogP contribution in [0.1, 0.15) is 5.69 Å². The minimum Gasteiger partial charge on any atom is -0.246 e. The lowest BCUT2D eigenvalue weighted by Crippen LogP contribution is -1.94. The fourth-order valence-corrected chi connectivity index (χ4v) is 0.557. The van der Waals surface area contributed by atoms with E-state index in [1.165, 1.54) is 4.68 Å². The van der Waals surface area contributed by atoms with Gasteiger partial charge in [-0.2, -0.15) is 0 Å². The zero-order chi connectivity index (χ0) is 7.40. The summed E-state index contributed by atoms with van der Waals surface area (Å²) in [6.07, 6.45) is 1.70. The topological polar surface area (TPSA) is 79.5 Å². The largest absolute Gasteiger partial charge is 0.246 e. The smallest absolute Gasteiger partial charge is 0.121 e. The summed E-state index contributed by atoms with van der Waals surface area (Å²) >= 11 is 0. The second kappa shape index (κ2) is 2.84. The minimum absolute atomic E-state index is 0.206. The first-order chi connectivity index (χ1) is 4.83. The Morgan fingerprint density at radius 2 is 2.70 bits per heavy atom. The number of aromatic nitrogens is 3. The molecule has 1 aromatic rings. The van der Waals surface area contributed by atoms with Gasteiger partial charge in [0.25, 0.3) is 0 Å². The van der Waals surface area contributed by atoms with Crippen molar-refractivity contribution < 1.29 is 0 Å². The lowest BCUT2D eigenvalue weighted by Gasteiger charge is -1.86. The van der Waals surface area contributed by atoms with Gasteiger partial charge in [-0.1, -0.05) is 10.3 Å². The molecular weight excluding hydrogens is 132 g/mol. The van der Waals surface area contributed by atoms with Crippen LogP contribution in [0.4, 0.5) is 0 Å². The third kappa shape index (κ3) is 1.46. The molecular formula is C4H6N6. The predicted octanol–water partition coefficient (Wildman–Crippen LogP) is 0.854. The molecule has 0 amide bonds. The Labute approximate surface area is 57.1 Å². The molecule has 0 unspecified atom stereocenters. The van der Waals surface area contributed by atoms with Crippen LogP contribution in [0.15, 0.2) is 11.3 Å². The van der Waals surface area contributed by atoms with Crippen molar-refractivity contribution in [2.45, 2.75) is 13.6 Å². The van der Waals surface area contributed by atoms with Gasteiger partial charge in [0.15, 0.2) is 0 Å². The summed E-state index contributed by atoms with van der Waals surface area (Å²) in [5.74, 6) is 0. The van der Waals surface area contributed by atoms with Crippen LogP contribution in [0.3, 0.4) is 0 Å². The van der Waals surface area contributed by atoms with Gasteiger partial charge in [-0.15, -0.1) is 5.10 Å². The van der Waals surface area contributed by atoms with E-state index < -0.39 is 0 Å². The van der Waals surface area contributed by atoms with E-state index >= 15 is 0 Å². The molecule has 0 atom stereocenters. The van der Waals surface area contributed by atoms with Gasteiger partial charge in [0.2, 0.25) is 0 Å². The highest BCUT2D eigenvalue weighted by Crippen LogP contribution is 1.88. The summed E-state index contributed by atoms with van der Waals surface area (Å²) < 4.78 is 1.47. The van der Waals surface area contributed by atoms with Gasteiger partial charge in [-0.25, -0.2) is 4.68 Å². The van der Waals surface area contributed by atoms with E-state index in [0.717, 1.165) is 5.69 Å². The van der Waals surface area contributed by atoms with E-state index in [1.54, 1.807) is 6.20 Å². The van der Waals surface area contributed by atoms with Crippen molar-refractivity contribution in [2.24, 2.45) is 5.11 Å². The Bertz CT molecular complexity index is 256. The molecule has 52 valence electrons. The molecule has 10 heavy (non-hydrogen) atoms. The van der Waals surface area contributed by atoms with Gasteiger partial charge in [-0.05, 0) is 12.5 Å². The van der Waals surface area contributed by atoms with Crippen LogP contribution in [0.25, 0.3) is 10.4 Å². The molecule has 0 aromatic carbocycles. The summed E-state index contributed by atoms with van der Waals surface area (Å²) in [4.78, 5) is 2.58. The van der Waals surface area contributed by atoms with Crippen LogP contribution >= 0.6 is 0 Å². The maximum Gasteiger partial charge on any atom is 0.121 e. The van der Waals surface area contributed by atoms with Gasteiger partial charge in [-0.3, -0.25) is 0 Å². The molecule has 1 aromatic heterocycles. The predicted molar refractivity (Wildman–Crippen MR) is 33.9 cm³/mol. The van der Waals surface area contributed by atoms with Gasteiger partial charge in [0.1, 0.15) is 6.67 Å². The molecule has 0 saturated carbocycles. The van der Waals surface area contributed by atoms with Crippen molar-refractivity contribution in [1.82, 2.24) is 15.0 Å². The number of azide groups is 1. The molecule has 0 spiro atoms. The first-order valence-corrected chi connectivity index (χ1v) is 2.70. The Morgan fingerprint density at radius 1 is 1.90 bits per heavy atom. The Balaban J connectivity index is 2.66. The Morgan fingerprint density at radius 3 is 3.20 bits per heavy atom. The number of nitrogens with zero attached hydrogens (tertiary/aromatic N) is 6. The summed E-state index contributed by atoms with van der Waals surface area (Å²) in [5, 5.41) is 10.7. The first kappa shape index (κ1) is 6.57. The van der Waals surface area contributed by atoms with Crippen molar-refractivity contribution in [1.29, 1.82) is 0 Å². The third-order valence-corrected chi connectivity index (χ3v) is 0.925. The minimum atomic E-state index is 0.206. The lowest BCUT2D eigenvalue weighted by atomic mass is 10.6. The molecule has 0 N–H and O–H groups in total. The zero-order valence-electron chi connectivity index (χ0n) is 5.47. The molecule has 1 heterocycles. The Hall–Kier alpha value is -1.55. The fraction of sp³-hybridized carbons (Fsp3) is 0.500. The van der Waals surface area contributed by atoms with Crippen LogP contribution in [0, 0.1) is 6.92 Å². The number of rotatable bonds is 2. The molecule has 0 aliphatic heterocycles. The summed E-state index contributed by atoms with van der Waals surface area (Å²) in [6.45, 7) is 2.02. The molecule has 0 aliphatic rings. The normalized spacial score (nSPS) is 8.90. The molecule has 6 nitrogen and oxygen atoms in total. The quantitative estimate of drug-likeness (QED) is 0.345. The van der Waals surface area contributed by atoms with Gasteiger partial charge < -0.3 is 0 Å². The molecule has 0 aliphatic carbocycles. The number of aryl methyl sites for hydroxylation is 1.